The number of alkyl carbamates (subject to hydrolysis) is 1. The van der Waals surface area contributed by atoms with Crippen LogP contribution >= 0.6 is 0 Å². The van der Waals surface area contributed by atoms with Crippen molar-refractivity contribution in [3.05, 3.63) is 34.6 Å². The first-order valence-corrected chi connectivity index (χ1v) is 5.50. The van der Waals surface area contributed by atoms with Crippen molar-refractivity contribution in [1.82, 2.24) is 5.32 Å². The average Bonchev–Trinajstić information content (AvgIpc) is 2.32. The smallest absolute Gasteiger partial charge is 0.407 e. The number of hydrogen-bond donors (Lipinski definition) is 1. The van der Waals surface area contributed by atoms with Crippen LogP contribution in [0.5, 0.6) is 0 Å². The van der Waals surface area contributed by atoms with E-state index in [0.717, 1.165) is 0 Å². The van der Waals surface area contributed by atoms with E-state index < -0.39 is 52.9 Å². The largest absolute Gasteiger partial charge is 0.444 e. The monoisotopic (exact) mass is 297 g/mol. The van der Waals surface area contributed by atoms with Crippen LogP contribution in [0.4, 0.5) is 26.7 Å². The van der Waals surface area contributed by atoms with Crippen molar-refractivity contribution in [2.75, 3.05) is 0 Å². The molecule has 1 aromatic rings. The molecule has 0 bridgehead atoms. The number of carbonyl (C=O) groups is 1. The van der Waals surface area contributed by atoms with Crippen LogP contribution in [0.25, 0.3) is 0 Å². The topological polar surface area (TPSA) is 38.3 Å². The maximum atomic E-state index is 13.3. The van der Waals surface area contributed by atoms with Crippen LogP contribution in [0.2, 0.25) is 0 Å². The summed E-state index contributed by atoms with van der Waals surface area (Å²) < 4.78 is 69.5. The Morgan fingerprint density at radius 3 is 1.75 bits per heavy atom. The van der Waals surface area contributed by atoms with Crippen LogP contribution in [0.15, 0.2) is 0 Å². The maximum absolute atomic E-state index is 13.3. The van der Waals surface area contributed by atoms with Gasteiger partial charge in [-0.25, -0.2) is 26.7 Å². The van der Waals surface area contributed by atoms with Gasteiger partial charge in [-0.3, -0.25) is 0 Å². The molecule has 0 aliphatic heterocycles. The molecule has 0 radical (unpaired) electrons. The highest BCUT2D eigenvalue weighted by molar-refractivity contribution is 5.68. The molecule has 1 aromatic carbocycles. The van der Waals surface area contributed by atoms with Gasteiger partial charge in [0.1, 0.15) is 6.61 Å². The summed E-state index contributed by atoms with van der Waals surface area (Å²) in [7, 11) is 0. The zero-order valence-electron chi connectivity index (χ0n) is 10.9. The first-order valence-electron chi connectivity index (χ1n) is 5.50. The molecule has 8 heteroatoms. The van der Waals surface area contributed by atoms with Crippen molar-refractivity contribution in [3.8, 4) is 0 Å². The number of halogens is 5. The summed E-state index contributed by atoms with van der Waals surface area (Å²) in [5.41, 5.74) is -1.88. The predicted molar refractivity (Wildman–Crippen MR) is 59.3 cm³/mol. The van der Waals surface area contributed by atoms with E-state index in [2.05, 4.69) is 10.1 Å². The lowest BCUT2D eigenvalue weighted by Gasteiger charge is -2.20. The Labute approximate surface area is 111 Å². The molecule has 0 saturated carbocycles. The van der Waals surface area contributed by atoms with E-state index in [0.29, 0.717) is 0 Å². The summed E-state index contributed by atoms with van der Waals surface area (Å²) in [6.45, 7) is 3.78. The van der Waals surface area contributed by atoms with Crippen molar-refractivity contribution in [2.45, 2.75) is 32.9 Å². The molecule has 1 N–H and O–H groups in total. The number of carbonyl (C=O) groups excluding carboxylic acids is 1. The van der Waals surface area contributed by atoms with E-state index in [1.54, 1.807) is 20.8 Å². The summed E-state index contributed by atoms with van der Waals surface area (Å²) in [5.74, 6) is -10.5. The molecule has 20 heavy (non-hydrogen) atoms. The quantitative estimate of drug-likeness (QED) is 0.516. The lowest BCUT2D eigenvalue weighted by Crippen LogP contribution is -2.40. The molecule has 0 aliphatic rings. The van der Waals surface area contributed by atoms with Crippen LogP contribution in [-0.2, 0) is 11.3 Å². The van der Waals surface area contributed by atoms with E-state index in [4.69, 9.17) is 0 Å². The molecule has 1 amide bonds. The summed E-state index contributed by atoms with van der Waals surface area (Å²) >= 11 is 0. The third kappa shape index (κ3) is 3.58. The van der Waals surface area contributed by atoms with Gasteiger partial charge in [0.15, 0.2) is 23.3 Å². The molecule has 0 atom stereocenters. The van der Waals surface area contributed by atoms with Crippen LogP contribution in [-0.4, -0.2) is 11.6 Å². The van der Waals surface area contributed by atoms with Gasteiger partial charge in [0.2, 0.25) is 5.82 Å². The Hall–Kier alpha value is -1.86. The zero-order valence-corrected chi connectivity index (χ0v) is 10.9. The Bertz CT molecular complexity index is 511. The first-order chi connectivity index (χ1) is 9.04. The van der Waals surface area contributed by atoms with Crippen molar-refractivity contribution in [2.24, 2.45) is 0 Å². The molecule has 0 heterocycles. The minimum Gasteiger partial charge on any atom is -0.444 e. The number of ether oxygens (including phenoxy) is 1. The van der Waals surface area contributed by atoms with Crippen molar-refractivity contribution >= 4 is 6.09 Å². The molecule has 0 fully saturated rings. The number of nitrogens with one attached hydrogen (secondary N) is 1. The molecule has 112 valence electrons. The number of rotatable bonds is 2. The van der Waals surface area contributed by atoms with Gasteiger partial charge in [0, 0.05) is 5.54 Å². The van der Waals surface area contributed by atoms with Gasteiger partial charge in [0.25, 0.3) is 0 Å². The normalized spacial score (nSPS) is 11.4. The molecule has 0 aromatic heterocycles. The molecule has 0 unspecified atom stereocenters. The fourth-order valence-corrected chi connectivity index (χ4v) is 1.26. The van der Waals surface area contributed by atoms with Gasteiger partial charge in [0.05, 0.1) is 5.56 Å². The second-order valence-electron chi connectivity index (χ2n) is 5.00. The first kappa shape index (κ1) is 16.2. The minimum atomic E-state index is -2.26. The molecule has 0 saturated heterocycles. The lowest BCUT2D eigenvalue weighted by atomic mass is 10.1. The summed E-state index contributed by atoms with van der Waals surface area (Å²) in [6.07, 6.45) is -1.04. The molecular weight excluding hydrogens is 285 g/mol. The highest BCUT2D eigenvalue weighted by Gasteiger charge is 2.26. The average molecular weight is 297 g/mol. The van der Waals surface area contributed by atoms with Crippen LogP contribution < -0.4 is 5.32 Å². The highest BCUT2D eigenvalue weighted by atomic mass is 19.2. The van der Waals surface area contributed by atoms with Crippen LogP contribution in [0, 0.1) is 29.1 Å². The van der Waals surface area contributed by atoms with Gasteiger partial charge in [-0.2, -0.15) is 0 Å². The highest BCUT2D eigenvalue weighted by Crippen LogP contribution is 2.23. The summed E-state index contributed by atoms with van der Waals surface area (Å²) in [4.78, 5) is 11.3. The van der Waals surface area contributed by atoms with Crippen molar-refractivity contribution < 1.29 is 31.5 Å². The number of hydrogen-bond acceptors (Lipinski definition) is 2. The van der Waals surface area contributed by atoms with Gasteiger partial charge < -0.3 is 10.1 Å². The second kappa shape index (κ2) is 5.64. The van der Waals surface area contributed by atoms with Gasteiger partial charge in [-0.15, -0.1) is 0 Å². The molecular formula is C12H12F5NO2. The Balaban J connectivity index is 2.92. The Morgan fingerprint density at radius 1 is 0.950 bits per heavy atom. The fourth-order valence-electron chi connectivity index (χ4n) is 1.26. The minimum absolute atomic E-state index is 0.673. The van der Waals surface area contributed by atoms with E-state index in [9.17, 15) is 26.7 Å². The number of benzene rings is 1. The Kier molecular flexibility index (Phi) is 4.57. The second-order valence-corrected chi connectivity index (χ2v) is 5.00. The lowest BCUT2D eigenvalue weighted by molar-refractivity contribution is 0.127. The van der Waals surface area contributed by atoms with Gasteiger partial charge in [-0.05, 0) is 20.8 Å². The van der Waals surface area contributed by atoms with Crippen molar-refractivity contribution in [1.29, 1.82) is 0 Å². The molecule has 1 rings (SSSR count). The predicted octanol–water partition coefficient (Wildman–Crippen LogP) is 3.41. The standard InChI is InChI=1S/C12H12F5NO2/c1-12(2,3)18-11(19)20-4-5-6(13)8(15)10(17)9(16)7(5)14/h4H2,1-3H3,(H,18,19). The SMILES string of the molecule is CC(C)(C)NC(=O)OCc1c(F)c(F)c(F)c(F)c1F. The third-order valence-electron chi connectivity index (χ3n) is 2.13. The maximum Gasteiger partial charge on any atom is 0.407 e. The molecule has 3 nitrogen and oxygen atoms in total. The zero-order chi connectivity index (χ0) is 15.7. The van der Waals surface area contributed by atoms with Gasteiger partial charge >= 0.3 is 6.09 Å². The van der Waals surface area contributed by atoms with E-state index >= 15 is 0 Å². The van der Waals surface area contributed by atoms with Crippen molar-refractivity contribution in [3.63, 3.8) is 0 Å². The van der Waals surface area contributed by atoms with Crippen LogP contribution in [0.1, 0.15) is 26.3 Å². The van der Waals surface area contributed by atoms with E-state index in [1.165, 1.54) is 0 Å². The van der Waals surface area contributed by atoms with E-state index in [1.807, 2.05) is 0 Å². The van der Waals surface area contributed by atoms with Gasteiger partial charge in [-0.1, -0.05) is 0 Å². The summed E-state index contributed by atoms with van der Waals surface area (Å²) in [6, 6.07) is 0. The molecule has 0 spiro atoms. The number of amides is 1. The van der Waals surface area contributed by atoms with E-state index in [-0.39, 0.29) is 0 Å². The fraction of sp³-hybridized carbons (Fsp3) is 0.417. The molecule has 0 aliphatic carbocycles. The third-order valence-corrected chi connectivity index (χ3v) is 2.13. The van der Waals surface area contributed by atoms with Crippen LogP contribution in [0.3, 0.4) is 0 Å². The summed E-state index contributed by atoms with van der Waals surface area (Å²) in [5, 5.41) is 2.30. The Morgan fingerprint density at radius 2 is 1.35 bits per heavy atom.